The van der Waals surface area contributed by atoms with Crippen LogP contribution in [0.2, 0.25) is 0 Å². The van der Waals surface area contributed by atoms with E-state index in [1.807, 2.05) is 0 Å². The number of fused-ring (bicyclic) bond motifs is 1. The number of carbonyl (C=O) groups is 1. The summed E-state index contributed by atoms with van der Waals surface area (Å²) in [5.74, 6) is -1.18. The zero-order valence-corrected chi connectivity index (χ0v) is 11.7. The highest BCUT2D eigenvalue weighted by Gasteiger charge is 2.30. The summed E-state index contributed by atoms with van der Waals surface area (Å²) >= 11 is 3.13. The molecule has 1 N–H and O–H groups in total. The van der Waals surface area contributed by atoms with Gasteiger partial charge in [0.25, 0.3) is 0 Å². The van der Waals surface area contributed by atoms with E-state index in [-0.39, 0.29) is 28.1 Å². The molecule has 1 aliphatic rings. The van der Waals surface area contributed by atoms with Gasteiger partial charge in [-0.2, -0.15) is 0 Å². The molecule has 0 radical (unpaired) electrons. The molecule has 0 saturated heterocycles. The van der Waals surface area contributed by atoms with Crippen molar-refractivity contribution >= 4 is 21.9 Å². The molecule has 1 aromatic rings. The van der Waals surface area contributed by atoms with E-state index in [0.29, 0.717) is 13.2 Å². The van der Waals surface area contributed by atoms with E-state index in [2.05, 4.69) is 20.7 Å². The van der Waals surface area contributed by atoms with Gasteiger partial charge >= 0.3 is 5.97 Å². The largest absolute Gasteiger partial charge is 0.486 e. The minimum Gasteiger partial charge on any atom is -0.486 e. The molecule has 7 heteroatoms. The summed E-state index contributed by atoms with van der Waals surface area (Å²) in [6.45, 7) is 2.32. The third kappa shape index (κ3) is 2.66. The monoisotopic (exact) mass is 334 g/mol. The van der Waals surface area contributed by atoms with Crippen LogP contribution >= 0.6 is 15.9 Å². The van der Waals surface area contributed by atoms with Crippen molar-refractivity contribution < 1.29 is 28.5 Å². The molecule has 0 saturated carbocycles. The first-order chi connectivity index (χ1) is 9.06. The fourth-order valence-corrected chi connectivity index (χ4v) is 2.44. The second kappa shape index (κ2) is 5.75. The van der Waals surface area contributed by atoms with Crippen LogP contribution in [0.15, 0.2) is 10.5 Å². The van der Waals surface area contributed by atoms with Crippen molar-refractivity contribution in [2.75, 3.05) is 19.8 Å². The molecule has 19 heavy (non-hydrogen) atoms. The second-order valence-electron chi connectivity index (χ2n) is 3.76. The van der Waals surface area contributed by atoms with Crippen molar-refractivity contribution in [3.8, 4) is 11.5 Å². The molecule has 0 spiro atoms. The molecule has 1 aliphatic heterocycles. The number of esters is 1. The van der Waals surface area contributed by atoms with Gasteiger partial charge < -0.3 is 19.3 Å². The fraction of sp³-hybridized carbons (Fsp3) is 0.417. The van der Waals surface area contributed by atoms with Gasteiger partial charge in [0.1, 0.15) is 19.0 Å². The Morgan fingerprint density at radius 3 is 2.95 bits per heavy atom. The van der Waals surface area contributed by atoms with E-state index in [0.717, 1.165) is 6.07 Å². The van der Waals surface area contributed by atoms with Crippen molar-refractivity contribution in [3.05, 3.63) is 21.9 Å². The van der Waals surface area contributed by atoms with Gasteiger partial charge in [-0.1, -0.05) is 0 Å². The number of rotatable bonds is 3. The van der Waals surface area contributed by atoms with E-state index < -0.39 is 17.9 Å². The van der Waals surface area contributed by atoms with E-state index >= 15 is 0 Å². The molecule has 104 valence electrons. The smallest absolute Gasteiger partial charge is 0.339 e. The minimum absolute atomic E-state index is 0.0969. The Labute approximate surface area is 117 Å². The number of carbonyl (C=O) groups excluding carboxylic acids is 1. The zero-order valence-electron chi connectivity index (χ0n) is 10.1. The van der Waals surface area contributed by atoms with Crippen LogP contribution < -0.4 is 9.47 Å². The van der Waals surface area contributed by atoms with Crippen LogP contribution in [-0.4, -0.2) is 30.9 Å². The lowest BCUT2D eigenvalue weighted by molar-refractivity contribution is -0.153. The molecular formula is C12H12BrFO5. The van der Waals surface area contributed by atoms with Gasteiger partial charge in [0.15, 0.2) is 17.6 Å². The summed E-state index contributed by atoms with van der Waals surface area (Å²) in [7, 11) is 0. The summed E-state index contributed by atoms with van der Waals surface area (Å²) in [6.07, 6.45) is -1.72. The molecule has 0 aliphatic carbocycles. The van der Waals surface area contributed by atoms with Crippen LogP contribution in [0.25, 0.3) is 0 Å². The standard InChI is InChI=1S/C12H12BrFO5/c1-2-17-12(16)10(15)8-6(14)5-7-11(9(8)13)19-4-3-18-7/h5,10,15H,2-4H2,1H3. The summed E-state index contributed by atoms with van der Waals surface area (Å²) < 4.78 is 29.3. The SMILES string of the molecule is CCOC(=O)C(O)c1c(F)cc2c(c1Br)OCCO2. The Bertz CT molecular complexity index is 505. The predicted octanol–water partition coefficient (Wildman–Crippen LogP) is 1.96. The molecular weight excluding hydrogens is 323 g/mol. The van der Waals surface area contributed by atoms with E-state index in [1.165, 1.54) is 0 Å². The Morgan fingerprint density at radius 2 is 2.26 bits per heavy atom. The summed E-state index contributed by atoms with van der Waals surface area (Å²) in [4.78, 5) is 11.5. The first-order valence-corrected chi connectivity index (χ1v) is 6.47. The Hall–Kier alpha value is -1.34. The van der Waals surface area contributed by atoms with E-state index in [4.69, 9.17) is 9.47 Å². The zero-order chi connectivity index (χ0) is 14.0. The van der Waals surface area contributed by atoms with Gasteiger partial charge in [0, 0.05) is 11.6 Å². The topological polar surface area (TPSA) is 65.0 Å². The number of aliphatic hydroxyl groups is 1. The van der Waals surface area contributed by atoms with E-state index in [9.17, 15) is 14.3 Å². The van der Waals surface area contributed by atoms with Gasteiger partial charge in [-0.25, -0.2) is 9.18 Å². The molecule has 1 heterocycles. The molecule has 2 rings (SSSR count). The molecule has 0 amide bonds. The lowest BCUT2D eigenvalue weighted by atomic mass is 10.1. The summed E-state index contributed by atoms with van der Waals surface area (Å²) in [6, 6.07) is 1.08. The summed E-state index contributed by atoms with van der Waals surface area (Å²) in [5, 5.41) is 9.84. The van der Waals surface area contributed by atoms with Crippen LogP contribution in [0.4, 0.5) is 4.39 Å². The normalized spacial score (nSPS) is 14.9. The molecule has 1 unspecified atom stereocenters. The van der Waals surface area contributed by atoms with Crippen molar-refractivity contribution in [1.29, 1.82) is 0 Å². The maximum absolute atomic E-state index is 14.0. The van der Waals surface area contributed by atoms with Crippen molar-refractivity contribution in [2.24, 2.45) is 0 Å². The number of ether oxygens (including phenoxy) is 3. The number of benzene rings is 1. The average molecular weight is 335 g/mol. The minimum atomic E-state index is -1.72. The Kier molecular flexibility index (Phi) is 4.26. The molecule has 5 nitrogen and oxygen atoms in total. The Balaban J connectivity index is 2.43. The highest BCUT2D eigenvalue weighted by molar-refractivity contribution is 9.10. The average Bonchev–Trinajstić information content (AvgIpc) is 2.38. The summed E-state index contributed by atoms with van der Waals surface area (Å²) in [5.41, 5.74) is -0.220. The number of halogens is 2. The molecule has 0 aromatic heterocycles. The van der Waals surface area contributed by atoms with Crippen LogP contribution in [0.5, 0.6) is 11.5 Å². The highest BCUT2D eigenvalue weighted by Crippen LogP contribution is 2.43. The fourth-order valence-electron chi connectivity index (χ4n) is 1.72. The number of hydrogen-bond acceptors (Lipinski definition) is 5. The third-order valence-corrected chi connectivity index (χ3v) is 3.33. The van der Waals surface area contributed by atoms with Gasteiger partial charge in [-0.15, -0.1) is 0 Å². The van der Waals surface area contributed by atoms with Crippen LogP contribution in [0, 0.1) is 5.82 Å². The van der Waals surface area contributed by atoms with Crippen LogP contribution in [0.3, 0.4) is 0 Å². The van der Waals surface area contributed by atoms with E-state index in [1.54, 1.807) is 6.92 Å². The quantitative estimate of drug-likeness (QED) is 0.856. The third-order valence-electron chi connectivity index (χ3n) is 2.55. The lowest BCUT2D eigenvalue weighted by Crippen LogP contribution is -2.20. The first-order valence-electron chi connectivity index (χ1n) is 5.68. The Morgan fingerprint density at radius 1 is 1.58 bits per heavy atom. The molecule has 0 fully saturated rings. The van der Waals surface area contributed by atoms with Gasteiger partial charge in [0.05, 0.1) is 11.1 Å². The van der Waals surface area contributed by atoms with Gasteiger partial charge in [-0.05, 0) is 22.9 Å². The maximum Gasteiger partial charge on any atom is 0.339 e. The molecule has 1 atom stereocenters. The van der Waals surface area contributed by atoms with Gasteiger partial charge in [-0.3, -0.25) is 0 Å². The molecule has 1 aromatic carbocycles. The second-order valence-corrected chi connectivity index (χ2v) is 4.56. The van der Waals surface area contributed by atoms with Gasteiger partial charge in [0.2, 0.25) is 0 Å². The van der Waals surface area contributed by atoms with Crippen LogP contribution in [0.1, 0.15) is 18.6 Å². The molecule has 0 bridgehead atoms. The lowest BCUT2D eigenvalue weighted by Gasteiger charge is -2.22. The number of aliphatic hydroxyl groups excluding tert-OH is 1. The highest BCUT2D eigenvalue weighted by atomic mass is 79.9. The van der Waals surface area contributed by atoms with Crippen LogP contribution in [-0.2, 0) is 9.53 Å². The van der Waals surface area contributed by atoms with Crippen molar-refractivity contribution in [2.45, 2.75) is 13.0 Å². The first kappa shape index (κ1) is 14.1. The predicted molar refractivity (Wildman–Crippen MR) is 66.7 cm³/mol. The maximum atomic E-state index is 14.0. The van der Waals surface area contributed by atoms with Crippen molar-refractivity contribution in [3.63, 3.8) is 0 Å². The van der Waals surface area contributed by atoms with Crippen molar-refractivity contribution in [1.82, 2.24) is 0 Å². The number of hydrogen-bond donors (Lipinski definition) is 1.